The molecule has 5 aromatic heterocycles. The standard InChI is InChI=1S/C51H35N5O.Pt/c1-31-20-21-34(54-30-53(3)44-18-9-10-19-45(44)54)25-49(31)57-35-22-23-37-40-27-41-39-16-11-15-38-36-14-7-8-17-43(36)56(51(38)39)48(41)28-47(40)55(46(37)26-35)50-24-32(2)42(29-52-50)33-12-5-4-6-13-33;/h4-29H,1-3H3;/i2D3,3D3;. The molecule has 0 N–H and O–H groups in total. The Kier molecular flexibility index (Phi) is 5.93. The number of hydrogen-bond donors (Lipinski definition) is 0. The van der Waals surface area contributed by atoms with Crippen LogP contribution < -0.4 is 4.74 Å². The van der Waals surface area contributed by atoms with Gasteiger partial charge in [-0.3, -0.25) is 0 Å². The molecule has 0 fully saturated rings. The molecule has 0 spiro atoms. The number of para-hydroxylation sites is 4. The predicted molar refractivity (Wildman–Crippen MR) is 234 cm³/mol. The van der Waals surface area contributed by atoms with Crippen LogP contribution in [0.1, 0.15) is 19.4 Å². The third kappa shape index (κ3) is 4.70. The topological polar surface area (TPSA) is 41.3 Å². The van der Waals surface area contributed by atoms with Gasteiger partial charge in [-0.1, -0.05) is 66.7 Å². The zero-order chi connectivity index (χ0) is 43.8. The van der Waals surface area contributed by atoms with Gasteiger partial charge in [-0.2, -0.15) is 0 Å². The smallest absolute Gasteiger partial charge is 0.0622 e. The van der Waals surface area contributed by atoms with Crippen LogP contribution in [0.5, 0.6) is 11.5 Å². The Morgan fingerprint density at radius 2 is 1.29 bits per heavy atom. The molecule has 0 bridgehead atoms. The van der Waals surface area contributed by atoms with Crippen LogP contribution in [0.4, 0.5) is 0 Å². The van der Waals surface area contributed by atoms with Crippen molar-refractivity contribution < 1.29 is 32.3 Å². The fraction of sp³-hybridized carbons (Fsp3) is 0.0588. The molecule has 5 heterocycles. The summed E-state index contributed by atoms with van der Waals surface area (Å²) in [5.74, 6) is 1.63. The molecule has 6 nitrogen and oxygen atoms in total. The maximum absolute atomic E-state index is 8.70. The molecule has 58 heavy (non-hydrogen) atoms. The van der Waals surface area contributed by atoms with Gasteiger partial charge in [0.15, 0.2) is 0 Å². The fourth-order valence-corrected chi connectivity index (χ4v) is 9.81. The molecule has 0 saturated heterocycles. The molecule has 0 aliphatic carbocycles. The molecule has 12 rings (SSSR count). The Labute approximate surface area is 352 Å². The summed E-state index contributed by atoms with van der Waals surface area (Å²) in [7, 11) is 0. The van der Waals surface area contributed by atoms with E-state index in [1.165, 1.54) is 20.9 Å². The minimum atomic E-state index is -2.43. The van der Waals surface area contributed by atoms with Crippen LogP contribution in [0.3, 0.4) is 0 Å². The first-order valence-electron chi connectivity index (χ1n) is 22.0. The Hall–Kier alpha value is -6.75. The van der Waals surface area contributed by atoms with Crippen molar-refractivity contribution in [2.24, 2.45) is 6.98 Å². The third-order valence-electron chi connectivity index (χ3n) is 11.6. The molecule has 0 unspecified atom stereocenters. The molecule has 0 aliphatic rings. The molecular formula is C51H35N5OPt. The second-order valence-electron chi connectivity index (χ2n) is 14.9. The average molecular weight is 935 g/mol. The van der Waals surface area contributed by atoms with Crippen molar-refractivity contribution in [1.29, 1.82) is 0 Å². The molecule has 7 heteroatoms. The number of aryl methyl sites for hydroxylation is 3. The van der Waals surface area contributed by atoms with Crippen LogP contribution in [-0.2, 0) is 26.3 Å². The van der Waals surface area contributed by atoms with E-state index in [1.54, 1.807) is 12.3 Å². The van der Waals surface area contributed by atoms with Crippen molar-refractivity contribution >= 4 is 70.9 Å². The van der Waals surface area contributed by atoms with Crippen LogP contribution in [0, 0.1) is 17.6 Å². The summed E-state index contributed by atoms with van der Waals surface area (Å²) in [6, 6.07) is 50.0. The van der Waals surface area contributed by atoms with Gasteiger partial charge in [-0.25, -0.2) is 0 Å². The summed E-state index contributed by atoms with van der Waals surface area (Å²) in [6.45, 7) is -2.83. The van der Waals surface area contributed by atoms with Crippen LogP contribution in [-0.4, -0.2) is 23.1 Å². The predicted octanol–water partition coefficient (Wildman–Crippen LogP) is 12.8. The minimum absolute atomic E-state index is 0.206. The molecule has 0 radical (unpaired) electrons. The van der Waals surface area contributed by atoms with Crippen molar-refractivity contribution in [3.8, 4) is 34.1 Å². The van der Waals surface area contributed by atoms with E-state index in [0.29, 0.717) is 32.2 Å². The van der Waals surface area contributed by atoms with Gasteiger partial charge < -0.3 is 4.40 Å². The van der Waals surface area contributed by atoms with Crippen LogP contribution >= 0.6 is 0 Å². The number of fused-ring (bicyclic) bond motifs is 10. The van der Waals surface area contributed by atoms with Gasteiger partial charge in [0.25, 0.3) is 0 Å². The summed E-state index contributed by atoms with van der Waals surface area (Å²) < 4.78 is 66.1. The molecule has 12 aromatic rings. The van der Waals surface area contributed by atoms with Crippen LogP contribution in [0.15, 0.2) is 158 Å². The molecule has 0 saturated carbocycles. The summed E-state index contributed by atoms with van der Waals surface area (Å²) in [4.78, 5) is 5.03. The van der Waals surface area contributed by atoms with E-state index < -0.39 is 13.8 Å². The van der Waals surface area contributed by atoms with Crippen molar-refractivity contribution in [2.45, 2.75) is 13.8 Å². The second-order valence-corrected chi connectivity index (χ2v) is 15.9. The van der Waals surface area contributed by atoms with Gasteiger partial charge in [0.05, 0.1) is 16.6 Å². The number of ether oxygens (including phenoxy) is 1. The first kappa shape index (κ1) is 27.8. The van der Waals surface area contributed by atoms with Gasteiger partial charge in [-0.15, -0.1) is 0 Å². The fourth-order valence-electron chi connectivity index (χ4n) is 8.97. The normalized spacial score (nSPS) is 14.1. The van der Waals surface area contributed by atoms with E-state index in [-0.39, 0.29) is 5.56 Å². The summed E-state index contributed by atoms with van der Waals surface area (Å²) in [6.07, 6.45) is 1.67. The third-order valence-corrected chi connectivity index (χ3v) is 12.7. The van der Waals surface area contributed by atoms with E-state index >= 15 is 0 Å². The molecule has 0 atom stereocenters. The number of nitrogens with zero attached hydrogens (tertiary/aromatic N) is 5. The van der Waals surface area contributed by atoms with Crippen molar-refractivity contribution in [1.82, 2.24) is 23.1 Å². The second kappa shape index (κ2) is 12.4. The molecule has 7 aromatic carbocycles. The zero-order valence-corrected chi connectivity index (χ0v) is 33.2. The van der Waals surface area contributed by atoms with E-state index in [4.69, 9.17) is 17.9 Å². The Balaban J connectivity index is 1.09. The summed E-state index contributed by atoms with van der Waals surface area (Å²) in [5.41, 5.74) is 9.52. The number of benzene rings is 7. The van der Waals surface area contributed by atoms with Gasteiger partial charge >= 0.3 is 205 Å². The summed E-state index contributed by atoms with van der Waals surface area (Å²) in [5, 5.41) is 6.60. The van der Waals surface area contributed by atoms with Crippen LogP contribution in [0.25, 0.3) is 93.6 Å². The molecule has 0 aliphatic heterocycles. The summed E-state index contributed by atoms with van der Waals surface area (Å²) >= 11 is 2.08. The van der Waals surface area contributed by atoms with Gasteiger partial charge in [-0.05, 0) is 24.0 Å². The number of hydrogen-bond acceptors (Lipinski definition) is 2. The number of pyridine rings is 1. The Morgan fingerprint density at radius 3 is 2.14 bits per heavy atom. The van der Waals surface area contributed by atoms with Crippen molar-refractivity contribution in [2.75, 3.05) is 0 Å². The van der Waals surface area contributed by atoms with E-state index in [2.05, 4.69) is 89.0 Å². The minimum Gasteiger partial charge on any atom is -0.0622 e. The van der Waals surface area contributed by atoms with E-state index in [9.17, 15) is 0 Å². The van der Waals surface area contributed by atoms with Gasteiger partial charge in [0.2, 0.25) is 0 Å². The van der Waals surface area contributed by atoms with Crippen molar-refractivity contribution in [3.63, 3.8) is 0 Å². The monoisotopic (exact) mass is 934 g/mol. The zero-order valence-electron chi connectivity index (χ0n) is 37.0. The number of imidazole rings is 1. The Bertz CT molecular complexity index is 3950. The number of aromatic nitrogens is 5. The first-order chi connectivity index (χ1) is 30.8. The van der Waals surface area contributed by atoms with Gasteiger partial charge in [0.1, 0.15) is 0 Å². The van der Waals surface area contributed by atoms with Gasteiger partial charge in [0, 0.05) is 37.4 Å². The SMILES string of the molecule is [2H]C([2H])([2H])c1cc(-n2c3cc(Oc4cc(-n5[c](=[Pt])n(C([2H])([2H])[2H])c6ccccc65)ccc4C)ccc3c3cc4c5cccc6c7ccccc7n(c4cc32)c65)ncc1-c1ccccc1. The van der Waals surface area contributed by atoms with Crippen molar-refractivity contribution in [3.05, 3.63) is 173 Å². The quantitative estimate of drug-likeness (QED) is 0.173. The van der Waals surface area contributed by atoms with Crippen LogP contribution in [0.2, 0.25) is 0 Å². The number of rotatable bonds is 5. The maximum atomic E-state index is 8.70. The van der Waals surface area contributed by atoms with E-state index in [0.717, 1.165) is 65.9 Å². The molecular weight excluding hydrogens is 894 g/mol. The Morgan fingerprint density at radius 1 is 0.569 bits per heavy atom. The molecule has 0 amide bonds. The first-order valence-corrected chi connectivity index (χ1v) is 20.2. The van der Waals surface area contributed by atoms with E-state index in [1.807, 2.05) is 96.4 Å². The average Bonchev–Trinajstić information content (AvgIpc) is 3.99. The molecule has 280 valence electrons.